The molecule has 1 aliphatic rings. The molecule has 4 rings (SSSR count). The van der Waals surface area contributed by atoms with Gasteiger partial charge >= 0.3 is 5.69 Å². The largest absolute Gasteiger partial charge is 0.432 e. The number of aromatic nitrogens is 1. The summed E-state index contributed by atoms with van der Waals surface area (Å²) in [6, 6.07) is 15.3. The van der Waals surface area contributed by atoms with Gasteiger partial charge < -0.3 is 4.74 Å². The third-order valence-corrected chi connectivity index (χ3v) is 5.07. The number of hydrogen-bond acceptors (Lipinski definition) is 7. The molecule has 2 aromatic carbocycles. The van der Waals surface area contributed by atoms with Gasteiger partial charge in [-0.3, -0.25) is 29.9 Å². The van der Waals surface area contributed by atoms with E-state index in [9.17, 15) is 19.7 Å². The molecule has 1 aromatic heterocycles. The summed E-state index contributed by atoms with van der Waals surface area (Å²) in [5, 5.41) is 14.4. The second-order valence-electron chi connectivity index (χ2n) is 6.69. The highest BCUT2D eigenvalue weighted by atomic mass is 35.5. The summed E-state index contributed by atoms with van der Waals surface area (Å²) in [7, 11) is 0. The predicted octanol–water partition coefficient (Wildman–Crippen LogP) is 4.27. The zero-order valence-corrected chi connectivity index (χ0v) is 18.2. The second kappa shape index (κ2) is 9.15. The smallest absolute Gasteiger partial charge is 0.312 e. The summed E-state index contributed by atoms with van der Waals surface area (Å²) in [5.41, 5.74) is 0.0535. The number of hydrogen-bond donors (Lipinski definition) is 1. The first-order valence-electron chi connectivity index (χ1n) is 9.38. The van der Waals surface area contributed by atoms with E-state index in [2.05, 4.69) is 10.3 Å². The van der Waals surface area contributed by atoms with Crippen molar-refractivity contribution in [3.05, 3.63) is 93.1 Å². The number of carbonyl (C=O) groups excluding carboxylic acids is 2. The molecule has 0 radical (unpaired) electrons. The number of benzene rings is 2. The van der Waals surface area contributed by atoms with Gasteiger partial charge in [0.1, 0.15) is 5.57 Å². The molecule has 2 amide bonds. The standard InChI is InChI=1S/C22H13ClN4O5S/c23-14-5-7-15(8-6-14)26-21(29)16(20(28)25-22(26)33)11-13-4-9-18(17(12-13)27(30)31)32-19-3-1-2-10-24-19/h1-12H,(H,25,28,33)/b16-11+. The fourth-order valence-corrected chi connectivity index (χ4v) is 3.43. The van der Waals surface area contributed by atoms with E-state index in [1.165, 1.54) is 30.5 Å². The van der Waals surface area contributed by atoms with Crippen LogP contribution < -0.4 is 15.0 Å². The average Bonchev–Trinajstić information content (AvgIpc) is 2.79. The number of anilines is 1. The minimum Gasteiger partial charge on any atom is -0.432 e. The number of nitro benzene ring substituents is 1. The highest BCUT2D eigenvalue weighted by Gasteiger charge is 2.34. The third-order valence-electron chi connectivity index (χ3n) is 4.53. The molecular weight excluding hydrogens is 468 g/mol. The van der Waals surface area contributed by atoms with Gasteiger partial charge in [-0.05, 0) is 60.3 Å². The van der Waals surface area contributed by atoms with Gasteiger partial charge in [-0.2, -0.15) is 0 Å². The zero-order chi connectivity index (χ0) is 23.5. The number of rotatable bonds is 5. The summed E-state index contributed by atoms with van der Waals surface area (Å²) in [6.45, 7) is 0. The van der Waals surface area contributed by atoms with Crippen molar-refractivity contribution in [3.63, 3.8) is 0 Å². The fourth-order valence-electron chi connectivity index (χ4n) is 3.02. The molecule has 0 unspecified atom stereocenters. The van der Waals surface area contributed by atoms with E-state index in [-0.39, 0.29) is 33.6 Å². The topological polar surface area (TPSA) is 115 Å². The highest BCUT2D eigenvalue weighted by Crippen LogP contribution is 2.32. The maximum atomic E-state index is 13.1. The van der Waals surface area contributed by atoms with Crippen LogP contribution in [0.2, 0.25) is 5.02 Å². The van der Waals surface area contributed by atoms with Crippen LogP contribution in [0.5, 0.6) is 11.6 Å². The normalized spacial score (nSPS) is 14.9. The van der Waals surface area contributed by atoms with Gasteiger partial charge in [0.15, 0.2) is 5.11 Å². The van der Waals surface area contributed by atoms with E-state index in [1.807, 2.05) is 0 Å². The van der Waals surface area contributed by atoms with Gasteiger partial charge in [0.2, 0.25) is 11.6 Å². The van der Waals surface area contributed by atoms with Gasteiger partial charge in [0.05, 0.1) is 10.6 Å². The molecule has 9 nitrogen and oxygen atoms in total. The maximum Gasteiger partial charge on any atom is 0.312 e. The Bertz CT molecular complexity index is 1310. The molecule has 164 valence electrons. The number of amides is 2. The first-order valence-corrected chi connectivity index (χ1v) is 10.2. The summed E-state index contributed by atoms with van der Waals surface area (Å²) >= 11 is 11.0. The molecular formula is C22H13ClN4O5S. The number of nitrogens with zero attached hydrogens (tertiary/aromatic N) is 3. The Morgan fingerprint density at radius 3 is 2.55 bits per heavy atom. The van der Waals surface area contributed by atoms with Crippen LogP contribution in [0, 0.1) is 10.1 Å². The molecule has 1 aliphatic heterocycles. The van der Waals surface area contributed by atoms with E-state index in [0.29, 0.717) is 10.7 Å². The van der Waals surface area contributed by atoms with Crippen molar-refractivity contribution in [2.45, 2.75) is 0 Å². The molecule has 1 N–H and O–H groups in total. The lowest BCUT2D eigenvalue weighted by atomic mass is 10.1. The Hall–Kier alpha value is -4.15. The minimum atomic E-state index is -0.716. The lowest BCUT2D eigenvalue weighted by Gasteiger charge is -2.28. The van der Waals surface area contributed by atoms with Crippen LogP contribution in [-0.4, -0.2) is 26.8 Å². The van der Waals surface area contributed by atoms with Crippen LogP contribution >= 0.6 is 23.8 Å². The van der Waals surface area contributed by atoms with E-state index in [0.717, 1.165) is 4.90 Å². The number of nitro groups is 1. The Balaban J connectivity index is 1.69. The molecule has 2 heterocycles. The first kappa shape index (κ1) is 22.1. The molecule has 0 spiro atoms. The van der Waals surface area contributed by atoms with Gasteiger partial charge in [-0.15, -0.1) is 0 Å². The maximum absolute atomic E-state index is 13.1. The molecule has 33 heavy (non-hydrogen) atoms. The molecule has 0 bridgehead atoms. The van der Waals surface area contributed by atoms with Crippen molar-refractivity contribution in [3.8, 4) is 11.6 Å². The summed E-state index contributed by atoms with van der Waals surface area (Å²) in [6.07, 6.45) is 2.74. The third kappa shape index (κ3) is 4.71. The van der Waals surface area contributed by atoms with Crippen molar-refractivity contribution in [1.82, 2.24) is 10.3 Å². The molecule has 1 saturated heterocycles. The number of thiocarbonyl (C=S) groups is 1. The van der Waals surface area contributed by atoms with Crippen LogP contribution in [0.15, 0.2) is 72.4 Å². The average molecular weight is 481 g/mol. The van der Waals surface area contributed by atoms with E-state index in [1.54, 1.807) is 42.5 Å². The number of nitrogens with one attached hydrogen (secondary N) is 1. The summed E-state index contributed by atoms with van der Waals surface area (Å²) < 4.78 is 5.50. The van der Waals surface area contributed by atoms with Crippen LogP contribution in [0.4, 0.5) is 11.4 Å². The highest BCUT2D eigenvalue weighted by molar-refractivity contribution is 7.80. The van der Waals surface area contributed by atoms with Crippen molar-refractivity contribution in [2.24, 2.45) is 0 Å². The van der Waals surface area contributed by atoms with Crippen molar-refractivity contribution >= 4 is 58.2 Å². The summed E-state index contributed by atoms with van der Waals surface area (Å²) in [5.74, 6) is -1.25. The van der Waals surface area contributed by atoms with Crippen LogP contribution in [-0.2, 0) is 9.59 Å². The number of ether oxygens (including phenoxy) is 1. The molecule has 0 aliphatic carbocycles. The Labute approximate surface area is 197 Å². The molecule has 3 aromatic rings. The minimum absolute atomic E-state index is 0.0377. The quantitative estimate of drug-likeness (QED) is 0.191. The van der Waals surface area contributed by atoms with Crippen LogP contribution in [0.1, 0.15) is 5.56 Å². The monoisotopic (exact) mass is 480 g/mol. The molecule has 11 heteroatoms. The Morgan fingerprint density at radius 2 is 1.88 bits per heavy atom. The van der Waals surface area contributed by atoms with Gasteiger partial charge in [-0.25, -0.2) is 4.98 Å². The van der Waals surface area contributed by atoms with E-state index >= 15 is 0 Å². The fraction of sp³-hybridized carbons (Fsp3) is 0. The molecule has 0 saturated carbocycles. The van der Waals surface area contributed by atoms with Crippen LogP contribution in [0.25, 0.3) is 6.08 Å². The Kier molecular flexibility index (Phi) is 6.11. The SMILES string of the molecule is O=C1NC(=S)N(c2ccc(Cl)cc2)C(=O)/C1=C/c1ccc(Oc2ccccn2)c([N+](=O)[O-])c1. The summed E-state index contributed by atoms with van der Waals surface area (Å²) in [4.78, 5) is 41.6. The van der Waals surface area contributed by atoms with Crippen molar-refractivity contribution in [1.29, 1.82) is 0 Å². The van der Waals surface area contributed by atoms with Crippen molar-refractivity contribution < 1.29 is 19.2 Å². The predicted molar refractivity (Wildman–Crippen MR) is 125 cm³/mol. The number of halogens is 1. The second-order valence-corrected chi connectivity index (χ2v) is 7.51. The van der Waals surface area contributed by atoms with Crippen molar-refractivity contribution in [2.75, 3.05) is 4.90 Å². The molecule has 0 atom stereocenters. The molecule has 1 fully saturated rings. The van der Waals surface area contributed by atoms with Gasteiger partial charge in [0.25, 0.3) is 11.8 Å². The Morgan fingerprint density at radius 1 is 1.12 bits per heavy atom. The first-order chi connectivity index (χ1) is 15.8. The van der Waals surface area contributed by atoms with Crippen LogP contribution in [0.3, 0.4) is 0 Å². The van der Waals surface area contributed by atoms with Gasteiger partial charge in [-0.1, -0.05) is 23.7 Å². The van der Waals surface area contributed by atoms with E-state index in [4.69, 9.17) is 28.6 Å². The zero-order valence-electron chi connectivity index (χ0n) is 16.6. The lowest BCUT2D eigenvalue weighted by molar-refractivity contribution is -0.385. The number of pyridine rings is 1. The lowest BCUT2D eigenvalue weighted by Crippen LogP contribution is -2.54. The van der Waals surface area contributed by atoms with Gasteiger partial charge in [0, 0.05) is 23.4 Å². The van der Waals surface area contributed by atoms with E-state index < -0.39 is 16.7 Å². The number of carbonyl (C=O) groups is 2.